The Morgan fingerprint density at radius 1 is 1.29 bits per heavy atom. The van der Waals surface area contributed by atoms with E-state index in [1.54, 1.807) is 24.3 Å². The Kier molecular flexibility index (Phi) is 3.23. The van der Waals surface area contributed by atoms with Crippen molar-refractivity contribution in [1.29, 1.82) is 0 Å². The van der Waals surface area contributed by atoms with Gasteiger partial charge in [-0.3, -0.25) is 9.59 Å². The molecule has 0 heterocycles. The van der Waals surface area contributed by atoms with Gasteiger partial charge in [-0.15, -0.1) is 0 Å². The second-order valence-corrected chi connectivity index (χ2v) is 2.72. The number of hydrogen-bond acceptors (Lipinski definition) is 3. The van der Waals surface area contributed by atoms with E-state index in [0.717, 1.165) is 0 Å². The molecule has 4 nitrogen and oxygen atoms in total. The SMILES string of the molecule is COc1ccc(C(=O)CC(=O)O)cc1. The van der Waals surface area contributed by atoms with Gasteiger partial charge >= 0.3 is 5.97 Å². The number of methoxy groups -OCH3 is 1. The molecule has 0 atom stereocenters. The van der Waals surface area contributed by atoms with Crippen LogP contribution in [0.15, 0.2) is 24.3 Å². The predicted molar refractivity (Wildman–Crippen MR) is 49.6 cm³/mol. The summed E-state index contributed by atoms with van der Waals surface area (Å²) in [4.78, 5) is 21.5. The average Bonchev–Trinajstić information content (AvgIpc) is 2.17. The molecule has 1 aromatic rings. The van der Waals surface area contributed by atoms with Gasteiger partial charge in [0.2, 0.25) is 0 Å². The molecule has 0 spiro atoms. The summed E-state index contributed by atoms with van der Waals surface area (Å²) in [6.07, 6.45) is -0.480. The fourth-order valence-corrected chi connectivity index (χ4v) is 1.02. The van der Waals surface area contributed by atoms with Gasteiger partial charge in [0.1, 0.15) is 12.2 Å². The topological polar surface area (TPSA) is 63.6 Å². The molecular weight excluding hydrogens is 184 g/mol. The molecule has 0 aromatic heterocycles. The molecule has 0 radical (unpaired) electrons. The van der Waals surface area contributed by atoms with Crippen LogP contribution in [0, 0.1) is 0 Å². The van der Waals surface area contributed by atoms with Crippen molar-refractivity contribution in [2.24, 2.45) is 0 Å². The molecule has 0 unspecified atom stereocenters. The fourth-order valence-electron chi connectivity index (χ4n) is 1.02. The molecule has 1 rings (SSSR count). The molecule has 4 heteroatoms. The van der Waals surface area contributed by atoms with Crippen molar-refractivity contribution in [3.05, 3.63) is 29.8 Å². The highest BCUT2D eigenvalue weighted by atomic mass is 16.5. The molecule has 1 aromatic carbocycles. The highest BCUT2D eigenvalue weighted by Gasteiger charge is 2.09. The number of carboxylic acids is 1. The summed E-state index contributed by atoms with van der Waals surface area (Å²) in [7, 11) is 1.52. The van der Waals surface area contributed by atoms with Crippen LogP contribution in [0.1, 0.15) is 16.8 Å². The van der Waals surface area contributed by atoms with Crippen LogP contribution in [-0.2, 0) is 4.79 Å². The van der Waals surface area contributed by atoms with Crippen molar-refractivity contribution < 1.29 is 19.4 Å². The van der Waals surface area contributed by atoms with Crippen molar-refractivity contribution in [3.8, 4) is 5.75 Å². The van der Waals surface area contributed by atoms with Gasteiger partial charge in [-0.05, 0) is 24.3 Å². The minimum Gasteiger partial charge on any atom is -0.497 e. The lowest BCUT2D eigenvalue weighted by Gasteiger charge is -2.00. The maximum Gasteiger partial charge on any atom is 0.311 e. The highest BCUT2D eigenvalue weighted by Crippen LogP contribution is 2.12. The van der Waals surface area contributed by atoms with Crippen molar-refractivity contribution in [3.63, 3.8) is 0 Å². The number of aliphatic carboxylic acids is 1. The van der Waals surface area contributed by atoms with Gasteiger partial charge in [0, 0.05) is 5.56 Å². The van der Waals surface area contributed by atoms with E-state index in [1.807, 2.05) is 0 Å². The van der Waals surface area contributed by atoms with E-state index in [9.17, 15) is 9.59 Å². The summed E-state index contributed by atoms with van der Waals surface area (Å²) in [5, 5.41) is 8.40. The Hall–Kier alpha value is -1.84. The number of rotatable bonds is 4. The normalized spacial score (nSPS) is 9.50. The van der Waals surface area contributed by atoms with E-state index in [0.29, 0.717) is 11.3 Å². The summed E-state index contributed by atoms with van der Waals surface area (Å²) in [6.45, 7) is 0. The van der Waals surface area contributed by atoms with E-state index in [-0.39, 0.29) is 0 Å². The predicted octanol–water partition coefficient (Wildman–Crippen LogP) is 1.35. The van der Waals surface area contributed by atoms with Crippen LogP contribution in [-0.4, -0.2) is 24.0 Å². The number of ketones is 1. The van der Waals surface area contributed by atoms with Gasteiger partial charge in [-0.25, -0.2) is 0 Å². The van der Waals surface area contributed by atoms with Crippen LogP contribution in [0.25, 0.3) is 0 Å². The quantitative estimate of drug-likeness (QED) is 0.580. The Bertz CT molecular complexity index is 340. The Morgan fingerprint density at radius 2 is 1.86 bits per heavy atom. The van der Waals surface area contributed by atoms with Gasteiger partial charge in [0.05, 0.1) is 7.11 Å². The maximum atomic E-state index is 11.2. The third-order valence-electron chi connectivity index (χ3n) is 1.72. The largest absolute Gasteiger partial charge is 0.497 e. The molecule has 0 fully saturated rings. The van der Waals surface area contributed by atoms with Crippen LogP contribution in [0.5, 0.6) is 5.75 Å². The highest BCUT2D eigenvalue weighted by molar-refractivity contribution is 6.05. The first-order chi connectivity index (χ1) is 6.63. The van der Waals surface area contributed by atoms with E-state index >= 15 is 0 Å². The zero-order valence-corrected chi connectivity index (χ0v) is 7.69. The molecular formula is C10H10O4. The molecule has 0 aliphatic rings. The third-order valence-corrected chi connectivity index (χ3v) is 1.72. The number of carboxylic acid groups (broad SMARTS) is 1. The Balaban J connectivity index is 2.76. The Morgan fingerprint density at radius 3 is 2.29 bits per heavy atom. The average molecular weight is 194 g/mol. The van der Waals surface area contributed by atoms with Crippen LogP contribution in [0.2, 0.25) is 0 Å². The molecule has 0 saturated heterocycles. The summed E-state index contributed by atoms with van der Waals surface area (Å²) in [6, 6.07) is 6.33. The zero-order valence-electron chi connectivity index (χ0n) is 7.69. The molecule has 0 aliphatic heterocycles. The fraction of sp³-hybridized carbons (Fsp3) is 0.200. The van der Waals surface area contributed by atoms with Gasteiger partial charge in [0.15, 0.2) is 5.78 Å². The monoisotopic (exact) mass is 194 g/mol. The van der Waals surface area contributed by atoms with E-state index in [1.165, 1.54) is 7.11 Å². The number of hydrogen-bond donors (Lipinski definition) is 1. The lowest BCUT2D eigenvalue weighted by atomic mass is 10.1. The summed E-state index contributed by atoms with van der Waals surface area (Å²) in [5.74, 6) is -0.886. The molecule has 74 valence electrons. The molecule has 1 N–H and O–H groups in total. The first-order valence-electron chi connectivity index (χ1n) is 4.02. The summed E-state index contributed by atoms with van der Waals surface area (Å²) >= 11 is 0. The van der Waals surface area contributed by atoms with Crippen LogP contribution >= 0.6 is 0 Å². The standard InChI is InChI=1S/C10H10O4/c1-14-8-4-2-7(3-5-8)9(11)6-10(12)13/h2-5H,6H2,1H3,(H,12,13). The van der Waals surface area contributed by atoms with Crippen LogP contribution < -0.4 is 4.74 Å². The molecule has 0 amide bonds. The lowest BCUT2D eigenvalue weighted by molar-refractivity contribution is -0.135. The summed E-state index contributed by atoms with van der Waals surface area (Å²) in [5.41, 5.74) is 0.383. The van der Waals surface area contributed by atoms with Crippen LogP contribution in [0.3, 0.4) is 0 Å². The maximum absolute atomic E-state index is 11.2. The number of carbonyl (C=O) groups is 2. The molecule has 0 bridgehead atoms. The van der Waals surface area contributed by atoms with E-state index in [2.05, 4.69) is 0 Å². The van der Waals surface area contributed by atoms with Crippen molar-refractivity contribution in [2.75, 3.05) is 7.11 Å². The number of benzene rings is 1. The van der Waals surface area contributed by atoms with Crippen molar-refractivity contribution >= 4 is 11.8 Å². The molecule has 0 saturated carbocycles. The number of Topliss-reactive ketones (excluding diaryl/α,β-unsaturated/α-hetero) is 1. The second-order valence-electron chi connectivity index (χ2n) is 2.72. The van der Waals surface area contributed by atoms with Crippen molar-refractivity contribution in [2.45, 2.75) is 6.42 Å². The van der Waals surface area contributed by atoms with E-state index in [4.69, 9.17) is 9.84 Å². The smallest absolute Gasteiger partial charge is 0.311 e. The zero-order chi connectivity index (χ0) is 10.6. The first kappa shape index (κ1) is 10.2. The molecule has 14 heavy (non-hydrogen) atoms. The number of carbonyl (C=O) groups excluding carboxylic acids is 1. The minimum atomic E-state index is -1.12. The third kappa shape index (κ3) is 2.58. The van der Waals surface area contributed by atoms with E-state index < -0.39 is 18.2 Å². The van der Waals surface area contributed by atoms with Gasteiger partial charge < -0.3 is 9.84 Å². The van der Waals surface area contributed by atoms with Crippen molar-refractivity contribution in [1.82, 2.24) is 0 Å². The van der Waals surface area contributed by atoms with Crippen LogP contribution in [0.4, 0.5) is 0 Å². The second kappa shape index (κ2) is 4.41. The van der Waals surface area contributed by atoms with Gasteiger partial charge in [-0.2, -0.15) is 0 Å². The minimum absolute atomic E-state index is 0.383. The first-order valence-corrected chi connectivity index (χ1v) is 4.02. The molecule has 0 aliphatic carbocycles. The van der Waals surface area contributed by atoms with Gasteiger partial charge in [-0.1, -0.05) is 0 Å². The lowest BCUT2D eigenvalue weighted by Crippen LogP contribution is -2.06. The summed E-state index contributed by atoms with van der Waals surface area (Å²) < 4.78 is 4.90. The van der Waals surface area contributed by atoms with Gasteiger partial charge in [0.25, 0.3) is 0 Å². The number of ether oxygens (including phenoxy) is 1. The Labute approximate surface area is 81.1 Å².